The molecule has 1 aromatic heterocycles. The van der Waals surface area contributed by atoms with Gasteiger partial charge in [0.25, 0.3) is 0 Å². The minimum Gasteiger partial charge on any atom is -0.338 e. The minimum absolute atomic E-state index is 0.0758. The molecule has 2 aliphatic carbocycles. The molecule has 0 saturated heterocycles. The van der Waals surface area contributed by atoms with Crippen LogP contribution in [0.15, 0.2) is 41.6 Å². The van der Waals surface area contributed by atoms with E-state index in [9.17, 15) is 13.2 Å². The molecule has 0 aliphatic heterocycles. The summed E-state index contributed by atoms with van der Waals surface area (Å²) in [5.74, 6) is -0.621. The van der Waals surface area contributed by atoms with Gasteiger partial charge in [-0.1, -0.05) is 11.6 Å². The fourth-order valence-electron chi connectivity index (χ4n) is 3.65. The lowest BCUT2D eigenvalue weighted by Crippen LogP contribution is -2.39. The lowest BCUT2D eigenvalue weighted by atomic mass is 10.1. The Bertz CT molecular complexity index is 1060. The normalized spacial score (nSPS) is 23.1. The number of aromatic nitrogens is 2. The molecule has 28 heavy (non-hydrogen) atoms. The molecular weight excluding hydrogens is 400 g/mol. The van der Waals surface area contributed by atoms with Crippen LogP contribution in [-0.2, 0) is 14.6 Å². The molecule has 9 heteroatoms. The second-order valence-electron chi connectivity index (χ2n) is 7.43. The van der Waals surface area contributed by atoms with Gasteiger partial charge >= 0.3 is 0 Å². The molecule has 2 saturated carbocycles. The first kappa shape index (κ1) is 19.0. The first-order valence-electron chi connectivity index (χ1n) is 9.11. The molecule has 1 amide bonds. The molecular formula is C19H19ClN4O3S. The number of sulfone groups is 1. The first-order valence-corrected chi connectivity index (χ1v) is 11.0. The van der Waals surface area contributed by atoms with Crippen molar-refractivity contribution in [2.75, 3.05) is 0 Å². The number of nitrogens with zero attached hydrogens (tertiary/aromatic N) is 3. The predicted octanol–water partition coefficient (Wildman–Crippen LogP) is 2.64. The summed E-state index contributed by atoms with van der Waals surface area (Å²) in [6.45, 7) is 0. The van der Waals surface area contributed by atoms with Gasteiger partial charge in [-0.2, -0.15) is 10.4 Å². The van der Waals surface area contributed by atoms with Crippen LogP contribution in [0.25, 0.3) is 5.69 Å². The van der Waals surface area contributed by atoms with Gasteiger partial charge in [-0.15, -0.1) is 0 Å². The van der Waals surface area contributed by atoms with Gasteiger partial charge in [-0.3, -0.25) is 4.79 Å². The van der Waals surface area contributed by atoms with Gasteiger partial charge in [-0.25, -0.2) is 13.1 Å². The minimum atomic E-state index is -3.66. The maximum atomic E-state index is 13.1. The van der Waals surface area contributed by atoms with Crippen LogP contribution in [0, 0.1) is 17.2 Å². The Balaban J connectivity index is 1.50. The van der Waals surface area contributed by atoms with Crippen molar-refractivity contribution in [3.63, 3.8) is 0 Å². The molecule has 2 aromatic rings. The highest BCUT2D eigenvalue weighted by molar-refractivity contribution is 7.92. The van der Waals surface area contributed by atoms with Gasteiger partial charge in [0.2, 0.25) is 5.91 Å². The maximum absolute atomic E-state index is 13.1. The van der Waals surface area contributed by atoms with Crippen molar-refractivity contribution in [2.45, 2.75) is 47.8 Å². The number of amides is 1. The average molecular weight is 419 g/mol. The van der Waals surface area contributed by atoms with Crippen LogP contribution in [0.5, 0.6) is 0 Å². The molecule has 0 spiro atoms. The zero-order valence-electron chi connectivity index (χ0n) is 15.0. The summed E-state index contributed by atoms with van der Waals surface area (Å²) in [4.78, 5) is 12.5. The Morgan fingerprint density at radius 1 is 1.36 bits per heavy atom. The SMILES string of the molecule is N#CC1(NC(=O)[C@H]2CC[C@@H](S(=O)(=O)c3ccc(-n4cccn4)cc3Cl)C2)CC1. The number of benzene rings is 1. The summed E-state index contributed by atoms with van der Waals surface area (Å²) >= 11 is 6.29. The van der Waals surface area contributed by atoms with E-state index >= 15 is 0 Å². The quantitative estimate of drug-likeness (QED) is 0.803. The largest absolute Gasteiger partial charge is 0.338 e. The average Bonchev–Trinajstić information content (AvgIpc) is 3.09. The van der Waals surface area contributed by atoms with Crippen molar-refractivity contribution < 1.29 is 13.2 Å². The number of rotatable bonds is 5. The monoisotopic (exact) mass is 418 g/mol. The number of hydrogen-bond acceptors (Lipinski definition) is 5. The highest BCUT2D eigenvalue weighted by atomic mass is 35.5. The van der Waals surface area contributed by atoms with Gasteiger partial charge in [0.05, 0.1) is 26.9 Å². The number of nitrogens with one attached hydrogen (secondary N) is 1. The molecule has 7 nitrogen and oxygen atoms in total. The van der Waals surface area contributed by atoms with Crippen molar-refractivity contribution in [3.8, 4) is 11.8 Å². The van der Waals surface area contributed by atoms with E-state index in [1.54, 1.807) is 35.3 Å². The summed E-state index contributed by atoms with van der Waals surface area (Å²) < 4.78 is 27.8. The highest BCUT2D eigenvalue weighted by Gasteiger charge is 2.47. The molecule has 0 bridgehead atoms. The van der Waals surface area contributed by atoms with Crippen LogP contribution in [0.3, 0.4) is 0 Å². The van der Waals surface area contributed by atoms with Crippen LogP contribution >= 0.6 is 11.6 Å². The first-order chi connectivity index (χ1) is 13.3. The third-order valence-corrected chi connectivity index (χ3v) is 8.21. The van der Waals surface area contributed by atoms with Crippen LogP contribution in [0.1, 0.15) is 32.1 Å². The molecule has 2 fully saturated rings. The zero-order valence-corrected chi connectivity index (χ0v) is 16.6. The fraction of sp³-hybridized carbons (Fsp3) is 0.421. The van der Waals surface area contributed by atoms with Crippen molar-refractivity contribution in [1.82, 2.24) is 15.1 Å². The summed E-state index contributed by atoms with van der Waals surface area (Å²) in [5, 5.41) is 15.5. The van der Waals surface area contributed by atoms with Crippen molar-refractivity contribution in [2.24, 2.45) is 5.92 Å². The topological polar surface area (TPSA) is 105 Å². The fourth-order valence-corrected chi connectivity index (χ4v) is 6.03. The van der Waals surface area contributed by atoms with E-state index in [1.165, 1.54) is 6.07 Å². The lowest BCUT2D eigenvalue weighted by Gasteiger charge is -2.16. The Hall–Kier alpha value is -2.37. The molecule has 0 unspecified atom stereocenters. The van der Waals surface area contributed by atoms with Crippen LogP contribution < -0.4 is 5.32 Å². The van der Waals surface area contributed by atoms with E-state index in [-0.39, 0.29) is 22.2 Å². The Labute approximate surface area is 168 Å². The van der Waals surface area contributed by atoms with E-state index in [4.69, 9.17) is 16.9 Å². The molecule has 1 heterocycles. The van der Waals surface area contributed by atoms with Gasteiger partial charge in [-0.05, 0) is 56.4 Å². The summed E-state index contributed by atoms with van der Waals surface area (Å²) in [6, 6.07) is 8.62. The van der Waals surface area contributed by atoms with E-state index in [0.29, 0.717) is 31.4 Å². The second kappa shape index (κ2) is 6.90. The lowest BCUT2D eigenvalue weighted by molar-refractivity contribution is -0.125. The number of carbonyl (C=O) groups is 1. The molecule has 0 radical (unpaired) electrons. The highest BCUT2D eigenvalue weighted by Crippen LogP contribution is 2.39. The third kappa shape index (κ3) is 3.40. The summed E-state index contributed by atoms with van der Waals surface area (Å²) in [6.07, 6.45) is 5.81. The van der Waals surface area contributed by atoms with E-state index in [1.807, 2.05) is 0 Å². The molecule has 2 atom stereocenters. The number of hydrogen-bond donors (Lipinski definition) is 1. The smallest absolute Gasteiger partial charge is 0.224 e. The van der Waals surface area contributed by atoms with E-state index < -0.39 is 26.5 Å². The Kier molecular flexibility index (Phi) is 4.68. The van der Waals surface area contributed by atoms with Crippen LogP contribution in [0.2, 0.25) is 5.02 Å². The summed E-state index contributed by atoms with van der Waals surface area (Å²) in [5.41, 5.74) is -0.0662. The molecule has 146 valence electrons. The number of nitriles is 1. The standard InChI is InChI=1S/C19H19ClN4O3S/c20-16-11-14(24-9-1-8-22-24)3-5-17(16)28(26,27)15-4-2-13(10-15)18(25)23-19(12-21)6-7-19/h1,3,5,8-9,11,13,15H,2,4,6-7,10H2,(H,23,25)/t13-,15+/m0/s1. The van der Waals surface area contributed by atoms with Gasteiger partial charge in [0.15, 0.2) is 9.84 Å². The van der Waals surface area contributed by atoms with Gasteiger partial charge in [0, 0.05) is 18.3 Å². The van der Waals surface area contributed by atoms with Gasteiger partial charge < -0.3 is 5.32 Å². The molecule has 1 aromatic carbocycles. The predicted molar refractivity (Wildman–Crippen MR) is 103 cm³/mol. The number of carbonyl (C=O) groups excluding carboxylic acids is 1. The van der Waals surface area contributed by atoms with Crippen molar-refractivity contribution >= 4 is 27.3 Å². The number of halogens is 1. The Morgan fingerprint density at radius 3 is 2.75 bits per heavy atom. The van der Waals surface area contributed by atoms with E-state index in [0.717, 1.165) is 0 Å². The maximum Gasteiger partial charge on any atom is 0.224 e. The molecule has 4 rings (SSSR count). The van der Waals surface area contributed by atoms with E-state index in [2.05, 4.69) is 16.5 Å². The van der Waals surface area contributed by atoms with Gasteiger partial charge in [0.1, 0.15) is 5.54 Å². The van der Waals surface area contributed by atoms with Crippen LogP contribution in [0.4, 0.5) is 0 Å². The van der Waals surface area contributed by atoms with Crippen molar-refractivity contribution in [3.05, 3.63) is 41.7 Å². The zero-order chi connectivity index (χ0) is 19.9. The van der Waals surface area contributed by atoms with Crippen molar-refractivity contribution in [1.29, 1.82) is 5.26 Å². The van der Waals surface area contributed by atoms with Crippen LogP contribution in [-0.4, -0.2) is 34.9 Å². The molecule has 2 aliphatic rings. The Morgan fingerprint density at radius 2 is 2.14 bits per heavy atom. The summed E-state index contributed by atoms with van der Waals surface area (Å²) in [7, 11) is -3.66. The third-order valence-electron chi connectivity index (χ3n) is 5.51. The second-order valence-corrected chi connectivity index (χ2v) is 10.0. The molecule has 1 N–H and O–H groups in total.